The number of aryl methyl sites for hydroxylation is 1. The monoisotopic (exact) mass is 232 g/mol. The van der Waals surface area contributed by atoms with Gasteiger partial charge in [-0.3, -0.25) is 9.37 Å². The van der Waals surface area contributed by atoms with Crippen molar-refractivity contribution in [2.24, 2.45) is 7.05 Å². The van der Waals surface area contributed by atoms with Crippen molar-refractivity contribution < 1.29 is 23.3 Å². The zero-order valence-electron chi connectivity index (χ0n) is 10.3. The minimum atomic E-state index is -0.285. The first-order valence-corrected chi connectivity index (χ1v) is 5.35. The van der Waals surface area contributed by atoms with Crippen LogP contribution in [0.15, 0.2) is 42.5 Å². The van der Waals surface area contributed by atoms with Crippen LogP contribution < -0.4 is 18.9 Å². The Morgan fingerprint density at radius 2 is 1.94 bits per heavy atom. The molecule has 0 bridgehead atoms. The molecule has 0 unspecified atom stereocenters. The molecule has 0 saturated carbocycles. The summed E-state index contributed by atoms with van der Waals surface area (Å²) in [4.78, 5) is 4.52. The number of para-hydroxylation sites is 2. The van der Waals surface area contributed by atoms with E-state index in [1.54, 1.807) is 6.07 Å². The first-order valence-electron chi connectivity index (χ1n) is 5.35. The topological polar surface area (TPSA) is 17.8 Å². The molecule has 18 heavy (non-hydrogen) atoms. The molecule has 0 aliphatic rings. The second kappa shape index (κ2) is 4.97. The maximum absolute atomic E-state index is 12.8. The maximum atomic E-state index is 12.8. The van der Waals surface area contributed by atoms with Gasteiger partial charge < -0.3 is 4.57 Å². The Balaban J connectivity index is 0.00000120. The fourth-order valence-electron chi connectivity index (χ4n) is 1.93. The van der Waals surface area contributed by atoms with Crippen LogP contribution in [0.2, 0.25) is 0 Å². The van der Waals surface area contributed by atoms with Crippen LogP contribution >= 0.6 is 0 Å². The molecule has 0 spiro atoms. The molecule has 4 heteroatoms. The van der Waals surface area contributed by atoms with E-state index in [0.29, 0.717) is 0 Å². The average Bonchev–Trinajstić information content (AvgIpc) is 2.69. The zero-order chi connectivity index (χ0) is 11.8. The number of aromatic nitrogens is 2. The second-order valence-corrected chi connectivity index (χ2v) is 3.90. The van der Waals surface area contributed by atoms with E-state index < -0.39 is 0 Å². The number of halogens is 1. The van der Waals surface area contributed by atoms with Gasteiger partial charge >= 0.3 is 18.9 Å². The van der Waals surface area contributed by atoms with Gasteiger partial charge in [0.2, 0.25) is 0 Å². The first kappa shape index (κ1) is 12.9. The molecule has 1 aromatic heterocycles. The zero-order valence-corrected chi connectivity index (χ0v) is 10.3. The van der Waals surface area contributed by atoms with Crippen molar-refractivity contribution in [2.45, 2.75) is 0 Å². The second-order valence-electron chi connectivity index (χ2n) is 3.90. The summed E-state index contributed by atoms with van der Waals surface area (Å²) in [5, 5.41) is 0. The van der Waals surface area contributed by atoms with E-state index in [1.807, 2.05) is 35.9 Å². The Bertz CT molecular complexity index is 674. The molecule has 0 fully saturated rings. The van der Waals surface area contributed by atoms with Crippen LogP contribution in [0.5, 0.6) is 0 Å². The fraction of sp³-hybridized carbons (Fsp3) is 0.0714. The van der Waals surface area contributed by atoms with Crippen LogP contribution in [0.3, 0.4) is 0 Å². The maximum Gasteiger partial charge on any atom is 1.00 e. The summed E-state index contributed by atoms with van der Waals surface area (Å²) < 4.78 is 14.8. The van der Waals surface area contributed by atoms with Crippen molar-refractivity contribution in [3.63, 3.8) is 0 Å². The molecule has 0 saturated heterocycles. The van der Waals surface area contributed by atoms with Crippen LogP contribution in [0, 0.1) is 11.9 Å². The van der Waals surface area contributed by atoms with E-state index in [0.717, 1.165) is 22.4 Å². The quantitative estimate of drug-likeness (QED) is 0.432. The molecule has 0 aliphatic carbocycles. The summed E-state index contributed by atoms with van der Waals surface area (Å²) in [5.74, 6) is 0.513. The van der Waals surface area contributed by atoms with Gasteiger partial charge in [0.05, 0.1) is 16.9 Å². The van der Waals surface area contributed by atoms with Crippen molar-refractivity contribution in [1.29, 1.82) is 0 Å². The van der Waals surface area contributed by atoms with Crippen LogP contribution in [0.25, 0.3) is 22.4 Å². The average molecular weight is 232 g/mol. The number of benzene rings is 2. The van der Waals surface area contributed by atoms with Gasteiger partial charge in [0, 0.05) is 12.9 Å². The third-order valence-corrected chi connectivity index (χ3v) is 2.80. The summed E-state index contributed by atoms with van der Waals surface area (Å²) in [6, 6.07) is 15.2. The standard InChI is InChI=1S/C14H10FN2.Li/c1-17-13-5-3-2-4-12(13)16-14(17)10-6-8-11(15)9-7-10;/h2-6,8-9H,1H3;/q-1;+1. The summed E-state index contributed by atoms with van der Waals surface area (Å²) in [5.41, 5.74) is 2.79. The Labute approximate surface area is 117 Å². The van der Waals surface area contributed by atoms with Crippen molar-refractivity contribution in [3.8, 4) is 11.4 Å². The number of imidazole rings is 1. The number of fused-ring (bicyclic) bond motifs is 1. The van der Waals surface area contributed by atoms with Gasteiger partial charge in [-0.2, -0.15) is 0 Å². The molecular weight excluding hydrogens is 222 g/mol. The summed E-state index contributed by atoms with van der Waals surface area (Å²) >= 11 is 0. The van der Waals surface area contributed by atoms with E-state index in [2.05, 4.69) is 11.1 Å². The Morgan fingerprint density at radius 1 is 1.17 bits per heavy atom. The predicted molar refractivity (Wildman–Crippen MR) is 64.9 cm³/mol. The Hall–Kier alpha value is -1.56. The normalized spacial score (nSPS) is 10.3. The molecule has 84 valence electrons. The molecule has 3 aromatic rings. The molecule has 0 amide bonds. The van der Waals surface area contributed by atoms with Gasteiger partial charge in [0.15, 0.2) is 0 Å². The van der Waals surface area contributed by atoms with Crippen molar-refractivity contribution >= 4 is 11.0 Å². The molecule has 2 aromatic carbocycles. The van der Waals surface area contributed by atoms with Crippen molar-refractivity contribution in [2.75, 3.05) is 0 Å². The van der Waals surface area contributed by atoms with Crippen LogP contribution in [-0.2, 0) is 7.05 Å². The molecule has 3 rings (SSSR count). The summed E-state index contributed by atoms with van der Waals surface area (Å²) in [6.07, 6.45) is 0. The minimum Gasteiger partial charge on any atom is -0.367 e. The minimum absolute atomic E-state index is 0. The number of hydrogen-bond donors (Lipinski definition) is 0. The van der Waals surface area contributed by atoms with E-state index in [4.69, 9.17) is 0 Å². The third kappa shape index (κ3) is 2.08. The van der Waals surface area contributed by atoms with Gasteiger partial charge in [-0.25, -0.2) is 0 Å². The van der Waals surface area contributed by atoms with E-state index in [-0.39, 0.29) is 24.7 Å². The first-order chi connectivity index (χ1) is 8.25. The van der Waals surface area contributed by atoms with E-state index in [1.165, 1.54) is 12.1 Å². The number of rotatable bonds is 1. The molecular formula is C14H10FLiN2. The van der Waals surface area contributed by atoms with Gasteiger partial charge in [0.25, 0.3) is 0 Å². The molecule has 1 heterocycles. The Morgan fingerprint density at radius 3 is 2.61 bits per heavy atom. The van der Waals surface area contributed by atoms with Gasteiger partial charge in [-0.15, -0.1) is 29.8 Å². The summed E-state index contributed by atoms with van der Waals surface area (Å²) in [7, 11) is 1.95. The van der Waals surface area contributed by atoms with Crippen LogP contribution in [0.1, 0.15) is 0 Å². The molecule has 0 radical (unpaired) electrons. The van der Waals surface area contributed by atoms with Gasteiger partial charge in [-0.1, -0.05) is 12.1 Å². The number of hydrogen-bond acceptors (Lipinski definition) is 1. The van der Waals surface area contributed by atoms with Crippen molar-refractivity contribution in [1.82, 2.24) is 9.55 Å². The predicted octanol–water partition coefficient (Wildman–Crippen LogP) is 0.184. The van der Waals surface area contributed by atoms with Gasteiger partial charge in [0.1, 0.15) is 0 Å². The molecule has 0 N–H and O–H groups in total. The SMILES string of the molecule is Cn1c(-c2[c-]cc(F)cc2)nc2ccccc21.[Li+]. The van der Waals surface area contributed by atoms with Crippen LogP contribution in [0.4, 0.5) is 4.39 Å². The molecule has 2 nitrogen and oxygen atoms in total. The molecule has 0 atom stereocenters. The van der Waals surface area contributed by atoms with Crippen molar-refractivity contribution in [3.05, 3.63) is 54.3 Å². The van der Waals surface area contributed by atoms with E-state index >= 15 is 0 Å². The number of nitrogens with zero attached hydrogens (tertiary/aromatic N) is 2. The van der Waals surface area contributed by atoms with E-state index in [9.17, 15) is 4.39 Å². The smallest absolute Gasteiger partial charge is 0.367 e. The molecule has 0 aliphatic heterocycles. The Kier molecular flexibility index (Phi) is 3.56. The van der Waals surface area contributed by atoms with Crippen LogP contribution in [-0.4, -0.2) is 9.55 Å². The van der Waals surface area contributed by atoms with Gasteiger partial charge in [-0.05, 0) is 12.1 Å². The summed E-state index contributed by atoms with van der Waals surface area (Å²) in [6.45, 7) is 0. The third-order valence-electron chi connectivity index (χ3n) is 2.80. The largest absolute Gasteiger partial charge is 1.00 e. The fourth-order valence-corrected chi connectivity index (χ4v) is 1.93.